The van der Waals surface area contributed by atoms with Gasteiger partial charge in [0.2, 0.25) is 5.91 Å². The predicted octanol–water partition coefficient (Wildman–Crippen LogP) is 2.35. The summed E-state index contributed by atoms with van der Waals surface area (Å²) in [6, 6.07) is 2.74. The third kappa shape index (κ3) is 2.71. The Morgan fingerprint density at radius 1 is 1.39 bits per heavy atom. The highest BCUT2D eigenvalue weighted by Crippen LogP contribution is 2.39. The Kier molecular flexibility index (Phi) is 3.46. The number of halogens is 3. The summed E-state index contributed by atoms with van der Waals surface area (Å²) in [5.74, 6) is -0.580. The van der Waals surface area contributed by atoms with Gasteiger partial charge in [0.25, 0.3) is 0 Å². The zero-order chi connectivity index (χ0) is 16.8. The molecule has 0 fully saturated rings. The van der Waals surface area contributed by atoms with E-state index in [1.807, 2.05) is 0 Å². The van der Waals surface area contributed by atoms with Gasteiger partial charge in [-0.1, -0.05) is 0 Å². The summed E-state index contributed by atoms with van der Waals surface area (Å²) in [5.41, 5.74) is 6.15. The fourth-order valence-electron chi connectivity index (χ4n) is 2.73. The van der Waals surface area contributed by atoms with E-state index in [9.17, 15) is 18.0 Å². The summed E-state index contributed by atoms with van der Waals surface area (Å²) in [6.45, 7) is 1.47. The molecule has 5 nitrogen and oxygen atoms in total. The van der Waals surface area contributed by atoms with Gasteiger partial charge in [-0.3, -0.25) is 9.78 Å². The molecule has 8 heteroatoms. The molecule has 0 spiro atoms. The van der Waals surface area contributed by atoms with E-state index in [1.165, 1.54) is 18.0 Å². The lowest BCUT2D eigenvalue weighted by atomic mass is 10.1. The number of aryl methyl sites for hydroxylation is 1. The van der Waals surface area contributed by atoms with Crippen molar-refractivity contribution in [1.82, 2.24) is 9.97 Å². The Bertz CT molecular complexity index is 776. The van der Waals surface area contributed by atoms with E-state index < -0.39 is 23.7 Å². The summed E-state index contributed by atoms with van der Waals surface area (Å²) < 4.78 is 39.1. The molecule has 0 bridgehead atoms. The highest BCUT2D eigenvalue weighted by molar-refractivity contribution is 5.89. The minimum absolute atomic E-state index is 0.0473. The molecular formula is C15H13F3N4O. The van der Waals surface area contributed by atoms with Crippen LogP contribution in [0, 0.1) is 6.92 Å². The van der Waals surface area contributed by atoms with Crippen molar-refractivity contribution in [3.63, 3.8) is 0 Å². The zero-order valence-electron chi connectivity index (χ0n) is 12.1. The maximum absolute atomic E-state index is 13.0. The molecule has 2 aromatic rings. The molecule has 120 valence electrons. The van der Waals surface area contributed by atoms with Gasteiger partial charge in [0.1, 0.15) is 11.9 Å². The number of aromatic nitrogens is 2. The lowest BCUT2D eigenvalue weighted by Gasteiger charge is -2.25. The average molecular weight is 322 g/mol. The number of alkyl halides is 3. The molecule has 0 radical (unpaired) electrons. The number of amides is 1. The Morgan fingerprint density at radius 2 is 2.13 bits per heavy atom. The van der Waals surface area contributed by atoms with Crippen LogP contribution in [-0.4, -0.2) is 21.9 Å². The Labute approximate surface area is 130 Å². The van der Waals surface area contributed by atoms with E-state index in [0.717, 1.165) is 17.7 Å². The molecule has 3 rings (SSSR count). The number of rotatable bonds is 2. The first-order valence-corrected chi connectivity index (χ1v) is 6.84. The van der Waals surface area contributed by atoms with Crippen LogP contribution in [0.25, 0.3) is 0 Å². The Hall–Kier alpha value is -2.64. The number of nitrogens with zero attached hydrogens (tertiary/aromatic N) is 3. The van der Waals surface area contributed by atoms with Crippen molar-refractivity contribution in [2.24, 2.45) is 5.73 Å². The summed E-state index contributed by atoms with van der Waals surface area (Å²) in [4.78, 5) is 21.3. The van der Waals surface area contributed by atoms with Gasteiger partial charge in [-0.25, -0.2) is 4.98 Å². The van der Waals surface area contributed by atoms with Crippen LogP contribution >= 0.6 is 0 Å². The standard InChI is InChI=1S/C15H13F3N4O/c1-8-4-10(15(16,17)18)6-13(21-8)22-11-2-3-20-7-9(11)5-12(22)14(19)23/h2-4,6-7,12H,5H2,1H3,(H2,19,23). The highest BCUT2D eigenvalue weighted by atomic mass is 19.4. The number of anilines is 2. The summed E-state index contributed by atoms with van der Waals surface area (Å²) in [7, 11) is 0. The zero-order valence-corrected chi connectivity index (χ0v) is 12.1. The first-order chi connectivity index (χ1) is 10.8. The van der Waals surface area contributed by atoms with E-state index in [2.05, 4.69) is 9.97 Å². The Balaban J connectivity index is 2.15. The van der Waals surface area contributed by atoms with Gasteiger partial charge >= 0.3 is 6.18 Å². The normalized spacial score (nSPS) is 17.2. The maximum atomic E-state index is 13.0. The quantitative estimate of drug-likeness (QED) is 0.921. The summed E-state index contributed by atoms with van der Waals surface area (Å²) in [5, 5.41) is 0. The second-order valence-corrected chi connectivity index (χ2v) is 5.35. The lowest BCUT2D eigenvalue weighted by Crippen LogP contribution is -2.40. The fraction of sp³-hybridized carbons (Fsp3) is 0.267. The predicted molar refractivity (Wildman–Crippen MR) is 77.0 cm³/mol. The SMILES string of the molecule is Cc1cc(C(F)(F)F)cc(N2c3ccncc3CC2C(N)=O)n1. The van der Waals surface area contributed by atoms with Crippen molar-refractivity contribution in [1.29, 1.82) is 0 Å². The topological polar surface area (TPSA) is 72.1 Å². The lowest BCUT2D eigenvalue weighted by molar-refractivity contribution is -0.137. The fourth-order valence-corrected chi connectivity index (χ4v) is 2.73. The summed E-state index contributed by atoms with van der Waals surface area (Å²) >= 11 is 0. The van der Waals surface area contributed by atoms with Crippen molar-refractivity contribution in [2.45, 2.75) is 25.6 Å². The van der Waals surface area contributed by atoms with Crippen molar-refractivity contribution >= 4 is 17.4 Å². The molecule has 1 amide bonds. The van der Waals surface area contributed by atoms with Gasteiger partial charge in [0.15, 0.2) is 0 Å². The van der Waals surface area contributed by atoms with Gasteiger partial charge in [0, 0.05) is 30.2 Å². The molecule has 1 unspecified atom stereocenters. The Morgan fingerprint density at radius 3 is 2.78 bits per heavy atom. The monoisotopic (exact) mass is 322 g/mol. The first kappa shape index (κ1) is 15.3. The first-order valence-electron chi connectivity index (χ1n) is 6.84. The van der Waals surface area contributed by atoms with Crippen LogP contribution in [0.5, 0.6) is 0 Å². The molecule has 1 aliphatic heterocycles. The molecule has 0 saturated heterocycles. The van der Waals surface area contributed by atoms with Crippen LogP contribution in [0.1, 0.15) is 16.8 Å². The third-order valence-electron chi connectivity index (χ3n) is 3.70. The van der Waals surface area contributed by atoms with Gasteiger partial charge in [-0.2, -0.15) is 13.2 Å². The smallest absolute Gasteiger partial charge is 0.368 e. The molecule has 0 aromatic carbocycles. The van der Waals surface area contributed by atoms with E-state index in [1.54, 1.807) is 12.3 Å². The highest BCUT2D eigenvalue weighted by Gasteiger charge is 2.37. The average Bonchev–Trinajstić information content (AvgIpc) is 2.85. The van der Waals surface area contributed by atoms with Crippen molar-refractivity contribution in [3.05, 3.63) is 47.4 Å². The van der Waals surface area contributed by atoms with Gasteiger partial charge < -0.3 is 10.6 Å². The van der Waals surface area contributed by atoms with E-state index in [0.29, 0.717) is 5.69 Å². The van der Waals surface area contributed by atoms with Gasteiger partial charge in [0.05, 0.1) is 5.56 Å². The largest absolute Gasteiger partial charge is 0.416 e. The number of pyridine rings is 2. The van der Waals surface area contributed by atoms with Crippen LogP contribution in [0.15, 0.2) is 30.6 Å². The van der Waals surface area contributed by atoms with E-state index >= 15 is 0 Å². The number of carbonyl (C=O) groups excluding carboxylic acids is 1. The minimum atomic E-state index is -4.49. The van der Waals surface area contributed by atoms with Crippen molar-refractivity contribution in [2.75, 3.05) is 4.90 Å². The maximum Gasteiger partial charge on any atom is 0.416 e. The number of hydrogen-bond acceptors (Lipinski definition) is 4. The van der Waals surface area contributed by atoms with E-state index in [-0.39, 0.29) is 17.9 Å². The second kappa shape index (κ2) is 5.22. The number of fused-ring (bicyclic) bond motifs is 1. The number of nitrogens with two attached hydrogens (primary N) is 1. The van der Waals surface area contributed by atoms with Crippen LogP contribution in [0.3, 0.4) is 0 Å². The molecule has 2 N–H and O–H groups in total. The second-order valence-electron chi connectivity index (χ2n) is 5.35. The van der Waals surface area contributed by atoms with Crippen molar-refractivity contribution in [3.8, 4) is 0 Å². The van der Waals surface area contributed by atoms with E-state index in [4.69, 9.17) is 5.73 Å². The number of hydrogen-bond donors (Lipinski definition) is 1. The van der Waals surface area contributed by atoms with Crippen LogP contribution < -0.4 is 10.6 Å². The molecular weight excluding hydrogens is 309 g/mol. The van der Waals surface area contributed by atoms with Gasteiger partial charge in [-0.15, -0.1) is 0 Å². The van der Waals surface area contributed by atoms with Gasteiger partial charge in [-0.05, 0) is 30.7 Å². The molecule has 0 aliphatic carbocycles. The molecule has 3 heterocycles. The molecule has 0 saturated carbocycles. The minimum Gasteiger partial charge on any atom is -0.368 e. The van der Waals surface area contributed by atoms with Crippen LogP contribution in [-0.2, 0) is 17.4 Å². The molecule has 2 aromatic heterocycles. The van der Waals surface area contributed by atoms with Crippen LogP contribution in [0.2, 0.25) is 0 Å². The number of carbonyl (C=O) groups is 1. The molecule has 23 heavy (non-hydrogen) atoms. The molecule has 1 atom stereocenters. The number of primary amides is 1. The summed E-state index contributed by atoms with van der Waals surface area (Å²) in [6.07, 6.45) is -1.12. The van der Waals surface area contributed by atoms with Crippen molar-refractivity contribution < 1.29 is 18.0 Å². The molecule has 1 aliphatic rings. The van der Waals surface area contributed by atoms with Crippen LogP contribution in [0.4, 0.5) is 24.7 Å². The third-order valence-corrected chi connectivity index (χ3v) is 3.70.